The SMILES string of the molecule is CN(CCc1ccc(Br)cc1)CC1CCCN1. The summed E-state index contributed by atoms with van der Waals surface area (Å²) in [6.07, 6.45) is 3.81. The predicted molar refractivity (Wildman–Crippen MR) is 76.4 cm³/mol. The second-order valence-corrected chi connectivity index (χ2v) is 5.85. The van der Waals surface area contributed by atoms with Crippen LogP contribution in [0.5, 0.6) is 0 Å². The minimum atomic E-state index is 0.713. The summed E-state index contributed by atoms with van der Waals surface area (Å²) in [5.74, 6) is 0. The van der Waals surface area contributed by atoms with Gasteiger partial charge in [0.15, 0.2) is 0 Å². The van der Waals surface area contributed by atoms with Gasteiger partial charge in [0.1, 0.15) is 0 Å². The van der Waals surface area contributed by atoms with Crippen molar-refractivity contribution >= 4 is 15.9 Å². The van der Waals surface area contributed by atoms with Gasteiger partial charge in [0.05, 0.1) is 0 Å². The highest BCUT2D eigenvalue weighted by atomic mass is 79.9. The van der Waals surface area contributed by atoms with E-state index in [1.165, 1.54) is 31.5 Å². The van der Waals surface area contributed by atoms with E-state index < -0.39 is 0 Å². The average Bonchev–Trinajstić information content (AvgIpc) is 2.81. The van der Waals surface area contributed by atoms with Crippen LogP contribution in [0, 0.1) is 0 Å². The molecule has 94 valence electrons. The third-order valence-electron chi connectivity index (χ3n) is 3.39. The van der Waals surface area contributed by atoms with E-state index >= 15 is 0 Å². The first kappa shape index (κ1) is 13.1. The van der Waals surface area contributed by atoms with Gasteiger partial charge in [-0.1, -0.05) is 28.1 Å². The standard InChI is InChI=1S/C14H21BrN2/c1-17(11-14-3-2-9-16-14)10-8-12-4-6-13(15)7-5-12/h4-7,14,16H,2-3,8-11H2,1H3. The molecule has 1 aromatic carbocycles. The summed E-state index contributed by atoms with van der Waals surface area (Å²) in [5.41, 5.74) is 1.42. The molecule has 0 saturated carbocycles. The lowest BCUT2D eigenvalue weighted by atomic mass is 10.1. The fraction of sp³-hybridized carbons (Fsp3) is 0.571. The van der Waals surface area contributed by atoms with Crippen LogP contribution in [-0.2, 0) is 6.42 Å². The van der Waals surface area contributed by atoms with E-state index in [9.17, 15) is 0 Å². The molecule has 1 saturated heterocycles. The lowest BCUT2D eigenvalue weighted by Crippen LogP contribution is -2.36. The molecule has 1 unspecified atom stereocenters. The van der Waals surface area contributed by atoms with Crippen molar-refractivity contribution in [3.8, 4) is 0 Å². The highest BCUT2D eigenvalue weighted by Crippen LogP contribution is 2.11. The first-order valence-electron chi connectivity index (χ1n) is 6.40. The molecule has 0 bridgehead atoms. The summed E-state index contributed by atoms with van der Waals surface area (Å²) in [4.78, 5) is 2.44. The van der Waals surface area contributed by atoms with Crippen LogP contribution in [0.1, 0.15) is 18.4 Å². The molecular weight excluding hydrogens is 276 g/mol. The number of nitrogens with one attached hydrogen (secondary N) is 1. The lowest BCUT2D eigenvalue weighted by molar-refractivity contribution is 0.304. The van der Waals surface area contributed by atoms with Crippen molar-refractivity contribution in [2.45, 2.75) is 25.3 Å². The monoisotopic (exact) mass is 296 g/mol. The van der Waals surface area contributed by atoms with Gasteiger partial charge in [0, 0.05) is 23.6 Å². The molecule has 0 amide bonds. The lowest BCUT2D eigenvalue weighted by Gasteiger charge is -2.20. The van der Waals surface area contributed by atoms with Crippen molar-refractivity contribution in [3.63, 3.8) is 0 Å². The number of nitrogens with zero attached hydrogens (tertiary/aromatic N) is 1. The Morgan fingerprint density at radius 3 is 2.76 bits per heavy atom. The average molecular weight is 297 g/mol. The first-order chi connectivity index (χ1) is 8.24. The number of halogens is 1. The van der Waals surface area contributed by atoms with Gasteiger partial charge in [-0.15, -0.1) is 0 Å². The Labute approximate surface area is 113 Å². The van der Waals surface area contributed by atoms with Crippen molar-refractivity contribution in [1.82, 2.24) is 10.2 Å². The predicted octanol–water partition coefficient (Wildman–Crippen LogP) is 2.68. The van der Waals surface area contributed by atoms with E-state index in [2.05, 4.69) is 57.5 Å². The van der Waals surface area contributed by atoms with Gasteiger partial charge in [-0.2, -0.15) is 0 Å². The summed E-state index contributed by atoms with van der Waals surface area (Å²) in [5, 5.41) is 3.55. The zero-order valence-electron chi connectivity index (χ0n) is 10.5. The third kappa shape index (κ3) is 4.41. The number of rotatable bonds is 5. The molecule has 1 N–H and O–H groups in total. The van der Waals surface area contributed by atoms with Gasteiger partial charge in [-0.05, 0) is 50.6 Å². The van der Waals surface area contributed by atoms with Crippen LogP contribution in [-0.4, -0.2) is 37.6 Å². The van der Waals surface area contributed by atoms with Crippen molar-refractivity contribution < 1.29 is 0 Å². The van der Waals surface area contributed by atoms with E-state index in [1.54, 1.807) is 0 Å². The number of hydrogen-bond acceptors (Lipinski definition) is 2. The minimum absolute atomic E-state index is 0.713. The van der Waals surface area contributed by atoms with E-state index in [0.717, 1.165) is 17.4 Å². The third-order valence-corrected chi connectivity index (χ3v) is 3.92. The molecule has 2 nitrogen and oxygen atoms in total. The minimum Gasteiger partial charge on any atom is -0.313 e. The van der Waals surface area contributed by atoms with Crippen molar-refractivity contribution in [3.05, 3.63) is 34.3 Å². The molecule has 1 aromatic rings. The molecule has 1 aliphatic rings. The van der Waals surface area contributed by atoms with E-state index in [4.69, 9.17) is 0 Å². The molecule has 2 rings (SSSR count). The summed E-state index contributed by atoms with van der Waals surface area (Å²) >= 11 is 3.47. The van der Waals surface area contributed by atoms with Crippen molar-refractivity contribution in [2.75, 3.05) is 26.7 Å². The maximum atomic E-state index is 3.55. The Morgan fingerprint density at radius 1 is 1.35 bits per heavy atom. The van der Waals surface area contributed by atoms with Crippen LogP contribution in [0.2, 0.25) is 0 Å². The number of benzene rings is 1. The maximum Gasteiger partial charge on any atom is 0.0195 e. The van der Waals surface area contributed by atoms with Crippen LogP contribution in [0.25, 0.3) is 0 Å². The zero-order chi connectivity index (χ0) is 12.1. The highest BCUT2D eigenvalue weighted by Gasteiger charge is 2.15. The smallest absolute Gasteiger partial charge is 0.0195 e. The molecule has 17 heavy (non-hydrogen) atoms. The summed E-state index contributed by atoms with van der Waals surface area (Å²) in [6.45, 7) is 3.52. The molecule has 1 heterocycles. The summed E-state index contributed by atoms with van der Waals surface area (Å²) in [6, 6.07) is 9.35. The fourth-order valence-corrected chi connectivity index (χ4v) is 2.62. The van der Waals surface area contributed by atoms with Gasteiger partial charge in [0.2, 0.25) is 0 Å². The van der Waals surface area contributed by atoms with Gasteiger partial charge < -0.3 is 10.2 Å². The molecule has 1 atom stereocenters. The van der Waals surface area contributed by atoms with Crippen LogP contribution in [0.4, 0.5) is 0 Å². The number of hydrogen-bond donors (Lipinski definition) is 1. The van der Waals surface area contributed by atoms with Crippen LogP contribution >= 0.6 is 15.9 Å². The van der Waals surface area contributed by atoms with Gasteiger partial charge >= 0.3 is 0 Å². The Morgan fingerprint density at radius 2 is 2.12 bits per heavy atom. The fourth-order valence-electron chi connectivity index (χ4n) is 2.35. The molecular formula is C14H21BrN2. The molecule has 0 aliphatic carbocycles. The van der Waals surface area contributed by atoms with Crippen LogP contribution < -0.4 is 5.32 Å². The van der Waals surface area contributed by atoms with E-state index in [1.807, 2.05) is 0 Å². The molecule has 0 aromatic heterocycles. The van der Waals surface area contributed by atoms with Gasteiger partial charge in [0.25, 0.3) is 0 Å². The molecule has 0 spiro atoms. The Bertz CT molecular complexity index is 331. The normalized spacial score (nSPS) is 20.1. The quantitative estimate of drug-likeness (QED) is 0.899. The second kappa shape index (κ2) is 6.53. The van der Waals surface area contributed by atoms with Gasteiger partial charge in [-0.3, -0.25) is 0 Å². The first-order valence-corrected chi connectivity index (χ1v) is 7.20. The van der Waals surface area contributed by atoms with Crippen LogP contribution in [0.3, 0.4) is 0 Å². The summed E-state index contributed by atoms with van der Waals surface area (Å²) in [7, 11) is 2.22. The van der Waals surface area contributed by atoms with E-state index in [-0.39, 0.29) is 0 Å². The maximum absolute atomic E-state index is 3.55. The second-order valence-electron chi connectivity index (χ2n) is 4.93. The largest absolute Gasteiger partial charge is 0.313 e. The van der Waals surface area contributed by atoms with E-state index in [0.29, 0.717) is 6.04 Å². The van der Waals surface area contributed by atoms with Crippen molar-refractivity contribution in [1.29, 1.82) is 0 Å². The van der Waals surface area contributed by atoms with Crippen LogP contribution in [0.15, 0.2) is 28.7 Å². The number of likely N-dealkylation sites (N-methyl/N-ethyl adjacent to an activating group) is 1. The molecule has 0 radical (unpaired) electrons. The Hall–Kier alpha value is -0.380. The Balaban J connectivity index is 1.71. The van der Waals surface area contributed by atoms with Gasteiger partial charge in [-0.25, -0.2) is 0 Å². The highest BCUT2D eigenvalue weighted by molar-refractivity contribution is 9.10. The van der Waals surface area contributed by atoms with Crippen molar-refractivity contribution in [2.24, 2.45) is 0 Å². The zero-order valence-corrected chi connectivity index (χ0v) is 12.0. The molecule has 1 fully saturated rings. The Kier molecular flexibility index (Phi) is 5.01. The molecule has 1 aliphatic heterocycles. The molecule has 3 heteroatoms. The summed E-state index contributed by atoms with van der Waals surface area (Å²) < 4.78 is 1.16. The topological polar surface area (TPSA) is 15.3 Å².